The minimum absolute atomic E-state index is 0.227. The highest BCUT2D eigenvalue weighted by molar-refractivity contribution is 5.78. The van der Waals surface area contributed by atoms with E-state index in [1.54, 1.807) is 0 Å². The Hall–Kier alpha value is -1.35. The van der Waals surface area contributed by atoms with E-state index in [9.17, 15) is 0 Å². The van der Waals surface area contributed by atoms with Crippen molar-refractivity contribution < 1.29 is 0 Å². The van der Waals surface area contributed by atoms with E-state index in [1.807, 2.05) is 0 Å². The van der Waals surface area contributed by atoms with Gasteiger partial charge in [-0.2, -0.15) is 0 Å². The summed E-state index contributed by atoms with van der Waals surface area (Å²) < 4.78 is 2.30. The molecule has 0 atom stereocenters. The molecule has 0 bridgehead atoms. The lowest BCUT2D eigenvalue weighted by Crippen LogP contribution is -2.37. The molecule has 1 aromatic heterocycles. The standard InChI is InChI=1S/C16H25N3/c1-6-7-15-18-13-8-11(2)12(3)9-14(13)19(15)10-16(4,5)17/h8-9H,6-7,10,17H2,1-5H3. The molecular formula is C16H25N3. The molecule has 0 aliphatic rings. The van der Waals surface area contributed by atoms with Gasteiger partial charge in [0, 0.05) is 18.5 Å². The molecule has 1 aromatic carbocycles. The molecule has 104 valence electrons. The number of nitrogens with zero attached hydrogens (tertiary/aromatic N) is 2. The van der Waals surface area contributed by atoms with Crippen molar-refractivity contribution >= 4 is 11.0 Å². The number of rotatable bonds is 4. The lowest BCUT2D eigenvalue weighted by molar-refractivity contribution is 0.431. The van der Waals surface area contributed by atoms with Crippen molar-refractivity contribution in [1.82, 2.24) is 9.55 Å². The molecule has 2 aromatic rings. The fourth-order valence-electron chi connectivity index (χ4n) is 2.43. The van der Waals surface area contributed by atoms with Gasteiger partial charge < -0.3 is 10.3 Å². The number of aryl methyl sites for hydroxylation is 3. The molecule has 0 saturated heterocycles. The van der Waals surface area contributed by atoms with Crippen molar-refractivity contribution in [2.75, 3.05) is 0 Å². The van der Waals surface area contributed by atoms with Gasteiger partial charge in [0.1, 0.15) is 5.82 Å². The predicted molar refractivity (Wildman–Crippen MR) is 81.5 cm³/mol. The molecule has 0 aliphatic carbocycles. The van der Waals surface area contributed by atoms with Crippen molar-refractivity contribution in [3.05, 3.63) is 29.1 Å². The van der Waals surface area contributed by atoms with Gasteiger partial charge >= 0.3 is 0 Å². The molecule has 1 heterocycles. The minimum atomic E-state index is -0.227. The zero-order chi connectivity index (χ0) is 14.2. The second kappa shape index (κ2) is 4.97. The van der Waals surface area contributed by atoms with Crippen molar-refractivity contribution in [3.63, 3.8) is 0 Å². The molecule has 3 nitrogen and oxygen atoms in total. The van der Waals surface area contributed by atoms with Gasteiger partial charge in [-0.1, -0.05) is 6.92 Å². The Kier molecular flexibility index (Phi) is 3.68. The van der Waals surface area contributed by atoms with Gasteiger partial charge in [-0.05, 0) is 57.4 Å². The van der Waals surface area contributed by atoms with Gasteiger partial charge in [0.05, 0.1) is 11.0 Å². The molecule has 2 rings (SSSR count). The van der Waals surface area contributed by atoms with Crippen molar-refractivity contribution in [1.29, 1.82) is 0 Å². The third-order valence-corrected chi connectivity index (χ3v) is 3.48. The summed E-state index contributed by atoms with van der Waals surface area (Å²) in [6, 6.07) is 4.42. The molecule has 0 fully saturated rings. The van der Waals surface area contributed by atoms with Crippen LogP contribution in [-0.2, 0) is 13.0 Å². The van der Waals surface area contributed by atoms with Gasteiger partial charge in [-0.3, -0.25) is 0 Å². The molecule has 0 amide bonds. The van der Waals surface area contributed by atoms with Crippen LogP contribution in [0.3, 0.4) is 0 Å². The molecule has 19 heavy (non-hydrogen) atoms. The third kappa shape index (κ3) is 2.98. The maximum atomic E-state index is 6.20. The highest BCUT2D eigenvalue weighted by Gasteiger charge is 2.18. The number of aromatic nitrogens is 2. The smallest absolute Gasteiger partial charge is 0.109 e. The summed E-state index contributed by atoms with van der Waals surface area (Å²) >= 11 is 0. The van der Waals surface area contributed by atoms with E-state index in [0.29, 0.717) is 0 Å². The molecule has 0 radical (unpaired) electrons. The number of imidazole rings is 1. The molecule has 2 N–H and O–H groups in total. The van der Waals surface area contributed by atoms with E-state index < -0.39 is 0 Å². The van der Waals surface area contributed by atoms with Crippen LogP contribution in [0.5, 0.6) is 0 Å². The van der Waals surface area contributed by atoms with Crippen LogP contribution < -0.4 is 5.73 Å². The summed E-state index contributed by atoms with van der Waals surface area (Å²) in [6.07, 6.45) is 2.11. The van der Waals surface area contributed by atoms with E-state index in [2.05, 4.69) is 51.3 Å². The summed E-state index contributed by atoms with van der Waals surface area (Å²) in [5.74, 6) is 1.15. The molecular weight excluding hydrogens is 234 g/mol. The zero-order valence-corrected chi connectivity index (χ0v) is 12.7. The Balaban J connectivity index is 2.62. The number of benzene rings is 1. The lowest BCUT2D eigenvalue weighted by Gasteiger charge is -2.21. The average Bonchev–Trinajstić information content (AvgIpc) is 2.57. The van der Waals surface area contributed by atoms with E-state index in [-0.39, 0.29) is 5.54 Å². The van der Waals surface area contributed by atoms with Crippen molar-refractivity contribution in [3.8, 4) is 0 Å². The Morgan fingerprint density at radius 2 is 1.84 bits per heavy atom. The van der Waals surface area contributed by atoms with Crippen LogP contribution in [0.25, 0.3) is 11.0 Å². The molecule has 0 saturated carbocycles. The molecule has 0 aliphatic heterocycles. The fraction of sp³-hybridized carbons (Fsp3) is 0.562. The first-order valence-corrected chi connectivity index (χ1v) is 7.07. The third-order valence-electron chi connectivity index (χ3n) is 3.48. The Morgan fingerprint density at radius 3 is 2.42 bits per heavy atom. The lowest BCUT2D eigenvalue weighted by atomic mass is 10.1. The van der Waals surface area contributed by atoms with Crippen LogP contribution in [-0.4, -0.2) is 15.1 Å². The van der Waals surface area contributed by atoms with Crippen molar-refractivity contribution in [2.45, 2.75) is 59.5 Å². The fourth-order valence-corrected chi connectivity index (χ4v) is 2.43. The maximum absolute atomic E-state index is 6.20. The Morgan fingerprint density at radius 1 is 1.21 bits per heavy atom. The molecule has 0 unspecified atom stereocenters. The first-order valence-electron chi connectivity index (χ1n) is 7.07. The van der Waals surface area contributed by atoms with Crippen LogP contribution >= 0.6 is 0 Å². The maximum Gasteiger partial charge on any atom is 0.109 e. The van der Waals surface area contributed by atoms with E-state index in [1.165, 1.54) is 16.6 Å². The van der Waals surface area contributed by atoms with Crippen LogP contribution in [0.2, 0.25) is 0 Å². The highest BCUT2D eigenvalue weighted by atomic mass is 15.1. The van der Waals surface area contributed by atoms with Crippen molar-refractivity contribution in [2.24, 2.45) is 5.73 Å². The van der Waals surface area contributed by atoms with E-state index >= 15 is 0 Å². The van der Waals surface area contributed by atoms with Crippen LogP contribution in [0.15, 0.2) is 12.1 Å². The van der Waals surface area contributed by atoms with Crippen LogP contribution in [0.4, 0.5) is 0 Å². The second-order valence-electron chi connectivity index (χ2n) is 6.28. The summed E-state index contributed by atoms with van der Waals surface area (Å²) in [4.78, 5) is 4.80. The number of nitrogens with two attached hydrogens (primary N) is 1. The average molecular weight is 259 g/mol. The van der Waals surface area contributed by atoms with Gasteiger partial charge in [0.15, 0.2) is 0 Å². The first-order chi connectivity index (χ1) is 8.81. The Labute approximate surface area is 115 Å². The van der Waals surface area contributed by atoms with Crippen LogP contribution in [0, 0.1) is 13.8 Å². The number of hydrogen-bond acceptors (Lipinski definition) is 2. The monoisotopic (exact) mass is 259 g/mol. The van der Waals surface area contributed by atoms with Gasteiger partial charge in [0.25, 0.3) is 0 Å². The SMILES string of the molecule is CCCc1nc2cc(C)c(C)cc2n1CC(C)(C)N. The van der Waals surface area contributed by atoms with Crippen LogP contribution in [0.1, 0.15) is 44.1 Å². The van der Waals surface area contributed by atoms with Gasteiger partial charge in [-0.25, -0.2) is 4.98 Å². The first kappa shape index (κ1) is 14.1. The molecule has 0 spiro atoms. The molecule has 3 heteroatoms. The topological polar surface area (TPSA) is 43.8 Å². The summed E-state index contributed by atoms with van der Waals surface area (Å²) in [5.41, 5.74) is 10.9. The minimum Gasteiger partial charge on any atom is -0.326 e. The summed E-state index contributed by atoms with van der Waals surface area (Å²) in [6.45, 7) is 11.4. The normalized spacial score (nSPS) is 12.3. The quantitative estimate of drug-likeness (QED) is 0.915. The Bertz CT molecular complexity index is 588. The highest BCUT2D eigenvalue weighted by Crippen LogP contribution is 2.23. The van der Waals surface area contributed by atoms with Gasteiger partial charge in [0.2, 0.25) is 0 Å². The second-order valence-corrected chi connectivity index (χ2v) is 6.28. The summed E-state index contributed by atoms with van der Waals surface area (Å²) in [5, 5.41) is 0. The predicted octanol–water partition coefficient (Wildman–Crippen LogP) is 3.34. The number of hydrogen-bond donors (Lipinski definition) is 1. The largest absolute Gasteiger partial charge is 0.326 e. The summed E-state index contributed by atoms with van der Waals surface area (Å²) in [7, 11) is 0. The van der Waals surface area contributed by atoms with E-state index in [0.717, 1.165) is 30.7 Å². The van der Waals surface area contributed by atoms with E-state index in [4.69, 9.17) is 10.7 Å². The number of fused-ring (bicyclic) bond motifs is 1. The zero-order valence-electron chi connectivity index (χ0n) is 12.7. The van der Waals surface area contributed by atoms with Gasteiger partial charge in [-0.15, -0.1) is 0 Å².